The maximum Gasteiger partial charge on any atom is 0.303 e. The van der Waals surface area contributed by atoms with Crippen LogP contribution in [0.5, 0.6) is 0 Å². The van der Waals surface area contributed by atoms with Gasteiger partial charge in [0, 0.05) is 13.0 Å². The first-order valence-corrected chi connectivity index (χ1v) is 8.64. The Hall–Kier alpha value is -0.400. The van der Waals surface area contributed by atoms with Gasteiger partial charge >= 0.3 is 5.97 Å². The summed E-state index contributed by atoms with van der Waals surface area (Å²) < 4.78 is 1.64. The fraction of sp³-hybridized carbons (Fsp3) is 0.538. The molecule has 1 aromatic rings. The summed E-state index contributed by atoms with van der Waals surface area (Å²) in [5.74, 6) is -0.655. The third-order valence-corrected chi connectivity index (χ3v) is 5.06. The van der Waals surface area contributed by atoms with Gasteiger partial charge in [0.05, 0.1) is 13.1 Å². The van der Waals surface area contributed by atoms with Gasteiger partial charge in [0.2, 0.25) is 0 Å². The molecule has 0 radical (unpaired) electrons. The third-order valence-electron chi connectivity index (χ3n) is 2.72. The topological polar surface area (TPSA) is 66.4 Å². The zero-order valence-electron chi connectivity index (χ0n) is 11.3. The van der Waals surface area contributed by atoms with Crippen LogP contribution in [0.3, 0.4) is 0 Å². The van der Waals surface area contributed by atoms with E-state index in [9.17, 15) is 9.59 Å². The predicted octanol–water partition coefficient (Wildman–Crippen LogP) is 4.14. The summed E-state index contributed by atoms with van der Waals surface area (Å²) in [6.07, 6.45) is 0.855. The molecule has 0 saturated heterocycles. The SMILES string of the molecule is CC(C)CC(CNC(=O)c1cc(Br)sc1Br)CC(=O)O. The van der Waals surface area contributed by atoms with E-state index in [1.807, 2.05) is 13.8 Å². The van der Waals surface area contributed by atoms with Crippen LogP contribution >= 0.6 is 43.2 Å². The molecule has 1 amide bonds. The number of carbonyl (C=O) groups is 2. The Morgan fingerprint density at radius 1 is 1.40 bits per heavy atom. The number of nitrogens with one attached hydrogen (secondary N) is 1. The van der Waals surface area contributed by atoms with Crippen molar-refractivity contribution in [1.82, 2.24) is 5.32 Å². The number of carbonyl (C=O) groups excluding carboxylic acids is 1. The fourth-order valence-corrected chi connectivity index (χ4v) is 4.77. The van der Waals surface area contributed by atoms with Crippen LogP contribution in [0.25, 0.3) is 0 Å². The summed E-state index contributed by atoms with van der Waals surface area (Å²) in [5, 5.41) is 11.7. The number of halogens is 2. The van der Waals surface area contributed by atoms with Gasteiger partial charge in [-0.15, -0.1) is 11.3 Å². The van der Waals surface area contributed by atoms with Crippen molar-refractivity contribution in [3.8, 4) is 0 Å². The Bertz CT molecular complexity index is 488. The second-order valence-electron chi connectivity index (χ2n) is 5.04. The van der Waals surface area contributed by atoms with Crippen LogP contribution in [0, 0.1) is 11.8 Å². The first kappa shape index (κ1) is 17.7. The quantitative estimate of drug-likeness (QED) is 0.688. The van der Waals surface area contributed by atoms with Gasteiger partial charge in [0.1, 0.15) is 0 Å². The zero-order chi connectivity index (χ0) is 15.3. The normalized spacial score (nSPS) is 12.4. The molecule has 1 rings (SSSR count). The summed E-state index contributed by atoms with van der Waals surface area (Å²) in [4.78, 5) is 22.9. The molecule has 112 valence electrons. The second-order valence-corrected chi connectivity index (χ2v) is 8.79. The first-order chi connectivity index (χ1) is 9.29. The maximum absolute atomic E-state index is 12.1. The molecule has 0 aliphatic heterocycles. The molecular weight excluding hydrogens is 410 g/mol. The van der Waals surface area contributed by atoms with Gasteiger partial charge < -0.3 is 10.4 Å². The van der Waals surface area contributed by atoms with E-state index in [0.29, 0.717) is 18.0 Å². The van der Waals surface area contributed by atoms with E-state index in [1.54, 1.807) is 6.07 Å². The molecule has 20 heavy (non-hydrogen) atoms. The van der Waals surface area contributed by atoms with Crippen molar-refractivity contribution >= 4 is 55.1 Å². The number of carboxylic acid groups (broad SMARTS) is 1. The lowest BCUT2D eigenvalue weighted by atomic mass is 9.94. The Morgan fingerprint density at radius 3 is 2.50 bits per heavy atom. The van der Waals surface area contributed by atoms with Gasteiger partial charge in [-0.25, -0.2) is 0 Å². The fourth-order valence-electron chi connectivity index (χ4n) is 1.98. The summed E-state index contributed by atoms with van der Waals surface area (Å²) >= 11 is 8.10. The minimum Gasteiger partial charge on any atom is -0.481 e. The summed E-state index contributed by atoms with van der Waals surface area (Å²) in [5.41, 5.74) is 0.570. The summed E-state index contributed by atoms with van der Waals surface area (Å²) in [6.45, 7) is 4.47. The lowest BCUT2D eigenvalue weighted by Crippen LogP contribution is -2.31. The molecular formula is C13H17Br2NO3S. The van der Waals surface area contributed by atoms with Gasteiger partial charge in [-0.05, 0) is 56.2 Å². The lowest BCUT2D eigenvalue weighted by molar-refractivity contribution is -0.138. The number of aliphatic carboxylic acids is 1. The molecule has 0 spiro atoms. The van der Waals surface area contributed by atoms with Crippen molar-refractivity contribution in [3.63, 3.8) is 0 Å². The monoisotopic (exact) mass is 425 g/mol. The number of amides is 1. The van der Waals surface area contributed by atoms with Gasteiger partial charge in [0.15, 0.2) is 0 Å². The van der Waals surface area contributed by atoms with Gasteiger partial charge in [-0.3, -0.25) is 9.59 Å². The minimum atomic E-state index is -0.829. The smallest absolute Gasteiger partial charge is 0.303 e. The van der Waals surface area contributed by atoms with E-state index in [2.05, 4.69) is 37.2 Å². The third kappa shape index (κ3) is 5.93. The average molecular weight is 427 g/mol. The number of hydrogen-bond donors (Lipinski definition) is 2. The Morgan fingerprint density at radius 2 is 2.05 bits per heavy atom. The van der Waals surface area contributed by atoms with Crippen molar-refractivity contribution in [1.29, 1.82) is 0 Å². The van der Waals surface area contributed by atoms with Crippen LogP contribution in [0.4, 0.5) is 0 Å². The van der Waals surface area contributed by atoms with E-state index < -0.39 is 5.97 Å². The highest BCUT2D eigenvalue weighted by Crippen LogP contribution is 2.31. The first-order valence-electron chi connectivity index (χ1n) is 6.24. The second kappa shape index (κ2) is 8.14. The lowest BCUT2D eigenvalue weighted by Gasteiger charge is -2.17. The standard InChI is InChI=1S/C13H17Br2NO3S/c1-7(2)3-8(4-11(17)18)6-16-13(19)9-5-10(14)20-12(9)15/h5,7-8H,3-4,6H2,1-2H3,(H,16,19)(H,17,18). The van der Waals surface area contributed by atoms with Crippen LogP contribution in [-0.4, -0.2) is 23.5 Å². The summed E-state index contributed by atoms with van der Waals surface area (Å²) in [7, 11) is 0. The molecule has 1 atom stereocenters. The largest absolute Gasteiger partial charge is 0.481 e. The molecule has 1 heterocycles. The van der Waals surface area contributed by atoms with Crippen LogP contribution in [0.15, 0.2) is 13.6 Å². The molecule has 2 N–H and O–H groups in total. The van der Waals surface area contributed by atoms with Crippen molar-refractivity contribution < 1.29 is 14.7 Å². The molecule has 0 aliphatic rings. The number of hydrogen-bond acceptors (Lipinski definition) is 3. The van der Waals surface area contributed by atoms with E-state index in [1.165, 1.54) is 11.3 Å². The van der Waals surface area contributed by atoms with Crippen LogP contribution < -0.4 is 5.32 Å². The van der Waals surface area contributed by atoms with E-state index in [4.69, 9.17) is 5.11 Å². The highest BCUT2D eigenvalue weighted by molar-refractivity contribution is 9.12. The summed E-state index contributed by atoms with van der Waals surface area (Å²) in [6, 6.07) is 1.75. The Labute approximate surface area is 139 Å². The molecule has 0 aliphatic carbocycles. The van der Waals surface area contributed by atoms with Crippen molar-refractivity contribution in [2.24, 2.45) is 11.8 Å². The zero-order valence-corrected chi connectivity index (χ0v) is 15.3. The van der Waals surface area contributed by atoms with Crippen LogP contribution in [0.1, 0.15) is 37.0 Å². The number of carboxylic acids is 1. The molecule has 4 nitrogen and oxygen atoms in total. The van der Waals surface area contributed by atoms with E-state index in [-0.39, 0.29) is 18.2 Å². The Kier molecular flexibility index (Phi) is 7.19. The van der Waals surface area contributed by atoms with Gasteiger partial charge in [-0.2, -0.15) is 0 Å². The highest BCUT2D eigenvalue weighted by atomic mass is 79.9. The minimum absolute atomic E-state index is 0.0442. The predicted molar refractivity (Wildman–Crippen MR) is 87.3 cm³/mol. The molecule has 1 unspecified atom stereocenters. The molecule has 0 bridgehead atoms. The van der Waals surface area contributed by atoms with Crippen molar-refractivity contribution in [2.45, 2.75) is 26.7 Å². The molecule has 0 saturated carbocycles. The number of thiophene rings is 1. The molecule has 1 aromatic heterocycles. The number of rotatable bonds is 7. The van der Waals surface area contributed by atoms with Crippen molar-refractivity contribution in [3.05, 3.63) is 19.2 Å². The molecule has 0 aromatic carbocycles. The highest BCUT2D eigenvalue weighted by Gasteiger charge is 2.18. The van der Waals surface area contributed by atoms with Gasteiger partial charge in [-0.1, -0.05) is 13.8 Å². The van der Waals surface area contributed by atoms with E-state index in [0.717, 1.165) is 14.0 Å². The maximum atomic E-state index is 12.1. The van der Waals surface area contributed by atoms with E-state index >= 15 is 0 Å². The average Bonchev–Trinajstić information content (AvgIpc) is 2.63. The van der Waals surface area contributed by atoms with Crippen LogP contribution in [0.2, 0.25) is 0 Å². The van der Waals surface area contributed by atoms with Gasteiger partial charge in [0.25, 0.3) is 5.91 Å². The van der Waals surface area contributed by atoms with Crippen molar-refractivity contribution in [2.75, 3.05) is 6.54 Å². The molecule has 0 fully saturated rings. The molecule has 7 heteroatoms. The Balaban J connectivity index is 2.60. The van der Waals surface area contributed by atoms with Crippen LogP contribution in [-0.2, 0) is 4.79 Å².